The fourth-order valence-electron chi connectivity index (χ4n) is 5.51. The van der Waals surface area contributed by atoms with E-state index in [1.165, 1.54) is 0 Å². The molecule has 2 saturated heterocycles. The maximum absolute atomic E-state index is 13.5. The average molecular weight is 431 g/mol. The summed E-state index contributed by atoms with van der Waals surface area (Å²) in [5, 5.41) is 12.5. The molecular weight excluding hydrogens is 396 g/mol. The number of aliphatic hydroxyl groups is 1. The second kappa shape index (κ2) is 9.02. The van der Waals surface area contributed by atoms with Gasteiger partial charge in [0.05, 0.1) is 30.0 Å². The van der Waals surface area contributed by atoms with Gasteiger partial charge >= 0.3 is 6.09 Å². The van der Waals surface area contributed by atoms with Crippen LogP contribution < -0.4 is 10.2 Å². The fourth-order valence-corrected chi connectivity index (χ4v) is 5.51. The predicted molar refractivity (Wildman–Crippen MR) is 118 cm³/mol. The normalized spacial score (nSPS) is 28.8. The summed E-state index contributed by atoms with van der Waals surface area (Å²) in [7, 11) is 0. The van der Waals surface area contributed by atoms with E-state index >= 15 is 0 Å². The lowest BCUT2D eigenvalue weighted by molar-refractivity contribution is -0.139. The van der Waals surface area contributed by atoms with Crippen LogP contribution in [0.25, 0.3) is 0 Å². The number of hydrogen-bond donors (Lipinski definition) is 2. The van der Waals surface area contributed by atoms with E-state index in [0.29, 0.717) is 18.8 Å². The number of aliphatic hydroxyl groups excluding tert-OH is 1. The number of carbonyl (C=O) groups is 2. The van der Waals surface area contributed by atoms with E-state index in [9.17, 15) is 14.7 Å². The van der Waals surface area contributed by atoms with Crippen LogP contribution >= 0.6 is 0 Å². The second-order valence-electron chi connectivity index (χ2n) is 9.23. The molecule has 1 atom stereocenters. The van der Waals surface area contributed by atoms with Gasteiger partial charge in [-0.15, -0.1) is 0 Å². The highest BCUT2D eigenvalue weighted by Crippen LogP contribution is 2.43. The van der Waals surface area contributed by atoms with Crippen LogP contribution in [0.4, 0.5) is 16.3 Å². The van der Waals surface area contributed by atoms with Crippen molar-refractivity contribution in [2.75, 3.05) is 36.5 Å². The Bertz CT molecular complexity index is 824. The Balaban J connectivity index is 1.45. The standard InChI is InChI=1S/C23H34N4O4/c1-3-31-22(30)25-17-13-16(2)20(24-14-17)26-11-4-9-23(15-26)10-12-27(21(23)29)18-5-7-19(28)8-6-18/h13-14,18-19,28H,3-12,15H2,1-2H3,(H,25,30)/t18?,19?,23-/m0/s1. The average Bonchev–Trinajstić information content (AvgIpc) is 3.04. The van der Waals surface area contributed by atoms with Crippen LogP contribution in [-0.4, -0.2) is 65.4 Å². The molecule has 31 heavy (non-hydrogen) atoms. The van der Waals surface area contributed by atoms with E-state index in [1.807, 2.05) is 13.0 Å². The van der Waals surface area contributed by atoms with Gasteiger partial charge in [-0.3, -0.25) is 10.1 Å². The maximum atomic E-state index is 13.5. The van der Waals surface area contributed by atoms with Crippen molar-refractivity contribution in [3.8, 4) is 0 Å². The molecule has 3 fully saturated rings. The zero-order valence-corrected chi connectivity index (χ0v) is 18.6. The Hall–Kier alpha value is -2.35. The lowest BCUT2D eigenvalue weighted by Crippen LogP contribution is -2.50. The number of aromatic nitrogens is 1. The van der Waals surface area contributed by atoms with Gasteiger partial charge in [-0.25, -0.2) is 9.78 Å². The number of pyridine rings is 1. The van der Waals surface area contributed by atoms with Gasteiger partial charge in [-0.2, -0.15) is 0 Å². The third-order valence-corrected chi connectivity index (χ3v) is 7.10. The van der Waals surface area contributed by atoms with Crippen molar-refractivity contribution in [2.24, 2.45) is 5.41 Å². The van der Waals surface area contributed by atoms with Crippen LogP contribution in [0.15, 0.2) is 12.3 Å². The summed E-state index contributed by atoms with van der Waals surface area (Å²) in [5.74, 6) is 1.16. The van der Waals surface area contributed by atoms with Gasteiger partial charge in [0, 0.05) is 25.7 Å². The molecule has 0 bridgehead atoms. The molecule has 0 aromatic carbocycles. The van der Waals surface area contributed by atoms with Gasteiger partial charge in [0.25, 0.3) is 0 Å². The highest BCUT2D eigenvalue weighted by atomic mass is 16.5. The molecule has 0 radical (unpaired) electrons. The van der Waals surface area contributed by atoms with E-state index in [-0.39, 0.29) is 23.5 Å². The minimum absolute atomic E-state index is 0.205. The first kappa shape index (κ1) is 21.9. The Labute approximate surface area is 184 Å². The molecule has 1 aromatic heterocycles. The van der Waals surface area contributed by atoms with Crippen molar-refractivity contribution in [3.63, 3.8) is 0 Å². The Morgan fingerprint density at radius 3 is 2.77 bits per heavy atom. The van der Waals surface area contributed by atoms with Crippen LogP contribution in [-0.2, 0) is 9.53 Å². The number of anilines is 2. The number of ether oxygens (including phenoxy) is 1. The molecule has 1 aromatic rings. The van der Waals surface area contributed by atoms with E-state index in [2.05, 4.69) is 20.1 Å². The summed E-state index contributed by atoms with van der Waals surface area (Å²) in [6, 6.07) is 2.18. The lowest BCUT2D eigenvalue weighted by atomic mass is 9.78. The number of carbonyl (C=O) groups excluding carboxylic acids is 2. The molecule has 2 N–H and O–H groups in total. The molecule has 8 heteroatoms. The Kier molecular flexibility index (Phi) is 6.36. The number of likely N-dealkylation sites (tertiary alicyclic amines) is 1. The van der Waals surface area contributed by atoms with Gasteiger partial charge in [-0.1, -0.05) is 0 Å². The molecule has 1 spiro atoms. The molecule has 8 nitrogen and oxygen atoms in total. The van der Waals surface area contributed by atoms with E-state index in [4.69, 9.17) is 4.74 Å². The van der Waals surface area contributed by atoms with Crippen LogP contribution in [0.3, 0.4) is 0 Å². The number of nitrogens with one attached hydrogen (secondary N) is 1. The molecule has 2 aliphatic heterocycles. The zero-order chi connectivity index (χ0) is 22.0. The number of rotatable bonds is 4. The zero-order valence-electron chi connectivity index (χ0n) is 18.6. The highest BCUT2D eigenvalue weighted by Gasteiger charge is 2.50. The number of aryl methyl sites for hydroxylation is 1. The summed E-state index contributed by atoms with van der Waals surface area (Å²) >= 11 is 0. The van der Waals surface area contributed by atoms with Crippen LogP contribution in [0.2, 0.25) is 0 Å². The molecular formula is C23H34N4O4. The van der Waals surface area contributed by atoms with Gasteiger partial charge < -0.3 is 19.6 Å². The van der Waals surface area contributed by atoms with Crippen molar-refractivity contribution >= 4 is 23.5 Å². The largest absolute Gasteiger partial charge is 0.450 e. The van der Waals surface area contributed by atoms with Crippen molar-refractivity contribution in [1.82, 2.24) is 9.88 Å². The third kappa shape index (κ3) is 4.49. The molecule has 2 amide bonds. The molecule has 3 aliphatic rings. The first-order valence-electron chi connectivity index (χ1n) is 11.6. The van der Waals surface area contributed by atoms with Crippen LogP contribution in [0, 0.1) is 12.3 Å². The second-order valence-corrected chi connectivity index (χ2v) is 9.23. The minimum atomic E-state index is -0.486. The first-order chi connectivity index (χ1) is 14.9. The Morgan fingerprint density at radius 1 is 1.29 bits per heavy atom. The number of hydrogen-bond acceptors (Lipinski definition) is 6. The highest BCUT2D eigenvalue weighted by molar-refractivity contribution is 5.86. The van der Waals surface area contributed by atoms with Crippen LogP contribution in [0.1, 0.15) is 57.4 Å². The number of piperidine rings is 1. The topological polar surface area (TPSA) is 95.0 Å². The fraction of sp³-hybridized carbons (Fsp3) is 0.696. The molecule has 0 unspecified atom stereocenters. The van der Waals surface area contributed by atoms with Crippen LogP contribution in [0.5, 0.6) is 0 Å². The molecule has 4 rings (SSSR count). The van der Waals surface area contributed by atoms with E-state index in [1.54, 1.807) is 13.1 Å². The summed E-state index contributed by atoms with van der Waals surface area (Å²) in [6.07, 6.45) is 7.14. The number of amides is 2. The first-order valence-corrected chi connectivity index (χ1v) is 11.6. The summed E-state index contributed by atoms with van der Waals surface area (Å²) in [6.45, 7) is 6.46. The van der Waals surface area contributed by atoms with Gasteiger partial charge in [0.2, 0.25) is 5.91 Å². The number of nitrogens with zero attached hydrogens (tertiary/aromatic N) is 3. The van der Waals surface area contributed by atoms with Gasteiger partial charge in [-0.05, 0) is 70.4 Å². The summed E-state index contributed by atoms with van der Waals surface area (Å²) < 4.78 is 4.93. The molecule has 3 heterocycles. The molecule has 1 saturated carbocycles. The maximum Gasteiger partial charge on any atom is 0.411 e. The SMILES string of the molecule is CCOC(=O)Nc1cnc(N2CCC[C@]3(CCN(C4CCC(O)CC4)C3=O)C2)c(C)c1. The Morgan fingerprint density at radius 2 is 2.06 bits per heavy atom. The smallest absolute Gasteiger partial charge is 0.411 e. The summed E-state index contributed by atoms with van der Waals surface area (Å²) in [5.41, 5.74) is 1.24. The van der Waals surface area contributed by atoms with Gasteiger partial charge in [0.15, 0.2) is 0 Å². The van der Waals surface area contributed by atoms with Crippen molar-refractivity contribution in [1.29, 1.82) is 0 Å². The third-order valence-electron chi connectivity index (χ3n) is 7.10. The monoisotopic (exact) mass is 430 g/mol. The minimum Gasteiger partial charge on any atom is -0.450 e. The quantitative estimate of drug-likeness (QED) is 0.762. The van der Waals surface area contributed by atoms with Crippen molar-refractivity contribution < 1.29 is 19.4 Å². The van der Waals surface area contributed by atoms with E-state index in [0.717, 1.165) is 69.4 Å². The van der Waals surface area contributed by atoms with Crippen molar-refractivity contribution in [3.05, 3.63) is 17.8 Å². The molecule has 1 aliphatic carbocycles. The summed E-state index contributed by atoms with van der Waals surface area (Å²) in [4.78, 5) is 34.1. The van der Waals surface area contributed by atoms with Crippen molar-refractivity contribution in [2.45, 2.75) is 70.9 Å². The molecule has 170 valence electrons. The predicted octanol–water partition coefficient (Wildman–Crippen LogP) is 3.08. The van der Waals surface area contributed by atoms with Gasteiger partial charge in [0.1, 0.15) is 5.82 Å². The lowest BCUT2D eigenvalue weighted by Gasteiger charge is -2.41. The van der Waals surface area contributed by atoms with E-state index < -0.39 is 6.09 Å².